The Balaban J connectivity index is 2.32. The number of imidazole rings is 1. The van der Waals surface area contributed by atoms with Gasteiger partial charge < -0.3 is 9.12 Å². The first-order valence-corrected chi connectivity index (χ1v) is 9.18. The molecule has 25 heavy (non-hydrogen) atoms. The van der Waals surface area contributed by atoms with E-state index in [4.69, 9.17) is 0 Å². The van der Waals surface area contributed by atoms with Crippen LogP contribution in [-0.2, 0) is 11.2 Å². The molecule has 0 aliphatic carbocycles. The van der Waals surface area contributed by atoms with Crippen LogP contribution in [0.1, 0.15) is 31.3 Å². The van der Waals surface area contributed by atoms with Crippen molar-refractivity contribution in [3.05, 3.63) is 35.5 Å². The van der Waals surface area contributed by atoms with Crippen molar-refractivity contribution in [3.8, 4) is 17.3 Å². The summed E-state index contributed by atoms with van der Waals surface area (Å²) in [4.78, 5) is 12.4. The number of hydrogen-bond donors (Lipinski definition) is 0. The second kappa shape index (κ2) is 6.43. The Hall–Kier alpha value is -2.50. The summed E-state index contributed by atoms with van der Waals surface area (Å²) in [6.07, 6.45) is 2.76. The van der Waals surface area contributed by atoms with Gasteiger partial charge in [0.05, 0.1) is 23.0 Å². The van der Waals surface area contributed by atoms with Crippen molar-refractivity contribution in [1.29, 1.82) is 5.26 Å². The fourth-order valence-corrected chi connectivity index (χ4v) is 3.28. The first-order chi connectivity index (χ1) is 11.8. The summed E-state index contributed by atoms with van der Waals surface area (Å²) in [7, 11) is 0. The molecule has 0 fully saturated rings. The molecule has 0 bridgehead atoms. The Morgan fingerprint density at radius 3 is 2.64 bits per heavy atom. The molecule has 1 unspecified atom stereocenters. The quantitative estimate of drug-likeness (QED) is 0.530. The fraction of sp³-hybridized carbons (Fsp3) is 0.294. The van der Waals surface area contributed by atoms with E-state index in [-0.39, 0.29) is 28.0 Å². The van der Waals surface area contributed by atoms with Gasteiger partial charge in [-0.2, -0.15) is 15.2 Å². The van der Waals surface area contributed by atoms with E-state index in [2.05, 4.69) is 15.0 Å². The molecule has 0 aliphatic rings. The van der Waals surface area contributed by atoms with Crippen LogP contribution in [0.2, 0.25) is 0 Å². The van der Waals surface area contributed by atoms with Gasteiger partial charge in [0.15, 0.2) is 5.82 Å². The Morgan fingerprint density at radius 2 is 2.04 bits per heavy atom. The normalized spacial score (nSPS) is 12.6. The van der Waals surface area contributed by atoms with E-state index >= 15 is 0 Å². The Bertz CT molecular complexity index is 1010. The van der Waals surface area contributed by atoms with Crippen LogP contribution in [0, 0.1) is 24.1 Å². The lowest BCUT2D eigenvalue weighted by Crippen LogP contribution is -2.06. The van der Waals surface area contributed by atoms with Gasteiger partial charge in [0.25, 0.3) is 0 Å². The van der Waals surface area contributed by atoms with Gasteiger partial charge in [-0.05, 0) is 32.9 Å². The molecule has 128 valence electrons. The maximum atomic E-state index is 14.6. The summed E-state index contributed by atoms with van der Waals surface area (Å²) < 4.78 is 28.2. The highest BCUT2D eigenvalue weighted by molar-refractivity contribution is 7.90. The van der Waals surface area contributed by atoms with E-state index in [1.165, 1.54) is 18.5 Å². The molecule has 3 rings (SSSR count). The van der Waals surface area contributed by atoms with E-state index in [1.807, 2.05) is 31.4 Å². The van der Waals surface area contributed by atoms with Gasteiger partial charge in [0, 0.05) is 22.8 Å². The van der Waals surface area contributed by atoms with Crippen molar-refractivity contribution in [2.24, 2.45) is 0 Å². The number of aromatic nitrogens is 4. The number of nitriles is 1. The fourth-order valence-electron chi connectivity index (χ4n) is 2.86. The third-order valence-electron chi connectivity index (χ3n) is 3.86. The maximum Gasteiger partial charge on any atom is 0.343 e. The maximum absolute atomic E-state index is 14.6. The monoisotopic (exact) mass is 357 g/mol. The van der Waals surface area contributed by atoms with Crippen molar-refractivity contribution in [1.82, 2.24) is 19.5 Å². The van der Waals surface area contributed by atoms with Crippen molar-refractivity contribution in [2.75, 3.05) is 6.26 Å². The second-order valence-electron chi connectivity index (χ2n) is 5.93. The first kappa shape index (κ1) is 17.3. The van der Waals surface area contributed by atoms with Crippen LogP contribution >= 0.6 is 0 Å². The molecule has 0 aliphatic heterocycles. The minimum atomic E-state index is -1.41. The van der Waals surface area contributed by atoms with Gasteiger partial charge in [-0.15, -0.1) is 0 Å². The van der Waals surface area contributed by atoms with E-state index < -0.39 is 17.0 Å². The van der Waals surface area contributed by atoms with Crippen molar-refractivity contribution in [2.45, 2.75) is 32.0 Å². The number of halogens is 1. The second-order valence-corrected chi connectivity index (χ2v) is 7.20. The lowest BCUT2D eigenvalue weighted by atomic mass is 10.1. The zero-order valence-corrected chi connectivity index (χ0v) is 15.1. The SMILES string of the molecule is Cc1nc2c(F)cc(-c3nc([S+](C)[O-])ncc3C#N)cc2n1C(C)C. The highest BCUT2D eigenvalue weighted by Crippen LogP contribution is 2.30. The van der Waals surface area contributed by atoms with Crippen LogP contribution < -0.4 is 0 Å². The molecule has 1 aromatic carbocycles. The summed E-state index contributed by atoms with van der Waals surface area (Å²) >= 11 is -1.41. The highest BCUT2D eigenvalue weighted by Gasteiger charge is 2.19. The first-order valence-electron chi connectivity index (χ1n) is 7.62. The third-order valence-corrected chi connectivity index (χ3v) is 4.57. The number of nitrogens with zero attached hydrogens (tertiary/aromatic N) is 5. The summed E-state index contributed by atoms with van der Waals surface area (Å²) in [5, 5.41) is 9.42. The average molecular weight is 357 g/mol. The van der Waals surface area contributed by atoms with Crippen LogP contribution in [-0.4, -0.2) is 30.3 Å². The van der Waals surface area contributed by atoms with Crippen molar-refractivity contribution in [3.63, 3.8) is 0 Å². The van der Waals surface area contributed by atoms with Crippen molar-refractivity contribution < 1.29 is 8.94 Å². The minimum absolute atomic E-state index is 0.0965. The molecule has 1 atom stereocenters. The zero-order valence-electron chi connectivity index (χ0n) is 14.2. The van der Waals surface area contributed by atoms with E-state index in [0.29, 0.717) is 16.9 Å². The molecule has 2 aromatic heterocycles. The zero-order chi connectivity index (χ0) is 18.3. The highest BCUT2D eigenvalue weighted by atomic mass is 32.2. The topological polar surface area (TPSA) is 90.5 Å². The number of hydrogen-bond acceptors (Lipinski definition) is 5. The summed E-state index contributed by atoms with van der Waals surface area (Å²) in [5.41, 5.74) is 1.79. The van der Waals surface area contributed by atoms with Gasteiger partial charge in [0.2, 0.25) is 0 Å². The Labute approximate surface area is 147 Å². The van der Waals surface area contributed by atoms with E-state index in [9.17, 15) is 14.2 Å². The predicted octanol–water partition coefficient (Wildman–Crippen LogP) is 3.13. The standard InChI is InChI=1S/C17H16FN5OS/c1-9(2)23-10(3)21-16-13(18)5-11(6-14(16)23)15-12(7-19)8-20-17(22-15)25(4)24/h5-6,8-9H,1-4H3. The van der Waals surface area contributed by atoms with Gasteiger partial charge in [-0.1, -0.05) is 0 Å². The lowest BCUT2D eigenvalue weighted by molar-refractivity contribution is 0.592. The molecule has 0 spiro atoms. The van der Waals surface area contributed by atoms with Gasteiger partial charge in [-0.25, -0.2) is 9.37 Å². The predicted molar refractivity (Wildman–Crippen MR) is 92.9 cm³/mol. The van der Waals surface area contributed by atoms with Crippen LogP contribution in [0.15, 0.2) is 23.5 Å². The lowest BCUT2D eigenvalue weighted by Gasteiger charge is -2.12. The molecule has 6 nitrogen and oxygen atoms in total. The van der Waals surface area contributed by atoms with Crippen LogP contribution in [0.25, 0.3) is 22.3 Å². The smallest absolute Gasteiger partial charge is 0.343 e. The molecule has 0 N–H and O–H groups in total. The number of aryl methyl sites for hydroxylation is 1. The number of benzene rings is 1. The van der Waals surface area contributed by atoms with Gasteiger partial charge in [0.1, 0.15) is 23.7 Å². The Kier molecular flexibility index (Phi) is 4.45. The number of rotatable bonds is 3. The van der Waals surface area contributed by atoms with E-state index in [1.54, 1.807) is 6.07 Å². The van der Waals surface area contributed by atoms with Crippen LogP contribution in [0.4, 0.5) is 4.39 Å². The van der Waals surface area contributed by atoms with Crippen molar-refractivity contribution >= 4 is 22.2 Å². The molecular weight excluding hydrogens is 341 g/mol. The Morgan fingerprint density at radius 1 is 1.32 bits per heavy atom. The largest absolute Gasteiger partial charge is 0.609 e. The minimum Gasteiger partial charge on any atom is -0.609 e. The summed E-state index contributed by atoms with van der Waals surface area (Å²) in [5.74, 6) is 0.219. The summed E-state index contributed by atoms with van der Waals surface area (Å²) in [6.45, 7) is 5.80. The molecule has 0 amide bonds. The van der Waals surface area contributed by atoms with Gasteiger partial charge in [-0.3, -0.25) is 0 Å². The number of fused-ring (bicyclic) bond motifs is 1. The average Bonchev–Trinajstić information content (AvgIpc) is 2.90. The molecule has 3 aromatic rings. The molecule has 0 saturated carbocycles. The van der Waals surface area contributed by atoms with Gasteiger partial charge >= 0.3 is 5.16 Å². The van der Waals surface area contributed by atoms with Crippen LogP contribution in [0.5, 0.6) is 0 Å². The molecule has 0 saturated heterocycles. The van der Waals surface area contributed by atoms with Crippen LogP contribution in [0.3, 0.4) is 0 Å². The molecule has 0 radical (unpaired) electrons. The molecular formula is C17H16FN5OS. The summed E-state index contributed by atoms with van der Waals surface area (Å²) in [6, 6.07) is 5.15. The third kappa shape index (κ3) is 2.97. The van der Waals surface area contributed by atoms with E-state index in [0.717, 1.165) is 0 Å². The molecule has 8 heteroatoms. The molecule has 2 heterocycles.